The number of nitrogens with one attached hydrogen (secondary N) is 1. The number of carbonyl (C=O) groups is 1. The molecule has 0 spiro atoms. The summed E-state index contributed by atoms with van der Waals surface area (Å²) < 4.78 is 13.0. The maximum atomic E-state index is 12.5. The number of aromatic nitrogens is 2. The molecule has 0 aliphatic rings. The average molecular weight is 428 g/mol. The fourth-order valence-corrected chi connectivity index (χ4v) is 3.34. The zero-order valence-electron chi connectivity index (χ0n) is 17.6. The Morgan fingerprint density at radius 3 is 2.17 bits per heavy atom. The van der Waals surface area contributed by atoms with Gasteiger partial charge >= 0.3 is 0 Å². The van der Waals surface area contributed by atoms with Crippen molar-refractivity contribution in [3.8, 4) is 17.2 Å². The summed E-state index contributed by atoms with van der Waals surface area (Å²) in [5.41, 5.74) is 2.04. The van der Waals surface area contributed by atoms with Crippen LogP contribution in [0.25, 0.3) is 0 Å². The molecule has 0 unspecified atom stereocenters. The van der Waals surface area contributed by atoms with Crippen molar-refractivity contribution >= 4 is 17.5 Å². The van der Waals surface area contributed by atoms with Gasteiger partial charge in [-0.15, -0.1) is 0 Å². The zero-order valence-corrected chi connectivity index (χ0v) is 18.4. The minimum Gasteiger partial charge on any atom is -0.491 e. The van der Waals surface area contributed by atoms with E-state index in [4.69, 9.17) is 21.1 Å². The topological polar surface area (TPSA) is 65.4 Å². The van der Waals surface area contributed by atoms with Gasteiger partial charge in [-0.2, -0.15) is 5.10 Å². The van der Waals surface area contributed by atoms with E-state index in [1.807, 2.05) is 69.3 Å². The van der Waals surface area contributed by atoms with Crippen LogP contribution >= 0.6 is 11.6 Å². The Bertz CT molecular complexity index is 996. The molecular formula is C23H26ClN3O3. The summed E-state index contributed by atoms with van der Waals surface area (Å²) >= 11 is 6.27. The number of nitrogens with zero attached hydrogens (tertiary/aromatic N) is 2. The van der Waals surface area contributed by atoms with E-state index >= 15 is 0 Å². The first-order valence-corrected chi connectivity index (χ1v) is 10.3. The zero-order chi connectivity index (χ0) is 21.7. The van der Waals surface area contributed by atoms with Crippen LogP contribution in [0.5, 0.6) is 17.2 Å². The van der Waals surface area contributed by atoms with Gasteiger partial charge in [-0.1, -0.05) is 30.7 Å². The molecule has 6 nitrogen and oxygen atoms in total. The molecule has 2 aromatic carbocycles. The van der Waals surface area contributed by atoms with Crippen molar-refractivity contribution < 1.29 is 14.3 Å². The maximum absolute atomic E-state index is 12.5. The fourth-order valence-electron chi connectivity index (χ4n) is 2.96. The molecule has 0 fully saturated rings. The summed E-state index contributed by atoms with van der Waals surface area (Å²) in [5.74, 6) is 2.00. The summed E-state index contributed by atoms with van der Waals surface area (Å²) in [7, 11) is 1.72. The third-order valence-electron chi connectivity index (χ3n) is 4.41. The van der Waals surface area contributed by atoms with E-state index in [9.17, 15) is 4.79 Å². The van der Waals surface area contributed by atoms with Gasteiger partial charge in [0.1, 0.15) is 22.9 Å². The van der Waals surface area contributed by atoms with Crippen LogP contribution in [0.2, 0.25) is 5.02 Å². The summed E-state index contributed by atoms with van der Waals surface area (Å²) in [6.07, 6.45) is 0.807. The molecule has 0 aliphatic carbocycles. The van der Waals surface area contributed by atoms with Crippen molar-refractivity contribution in [1.82, 2.24) is 15.1 Å². The molecule has 0 radical (unpaired) electrons. The van der Waals surface area contributed by atoms with Crippen LogP contribution in [0.3, 0.4) is 0 Å². The molecule has 1 heterocycles. The molecular weight excluding hydrogens is 402 g/mol. The summed E-state index contributed by atoms with van der Waals surface area (Å²) in [6, 6.07) is 15.1. The van der Waals surface area contributed by atoms with Gasteiger partial charge in [0.15, 0.2) is 0 Å². The molecule has 3 rings (SSSR count). The molecule has 1 aromatic heterocycles. The molecule has 7 heteroatoms. The van der Waals surface area contributed by atoms with Crippen molar-refractivity contribution in [3.63, 3.8) is 0 Å². The molecule has 158 valence electrons. The van der Waals surface area contributed by atoms with E-state index in [1.54, 1.807) is 7.05 Å². The number of ether oxygens (including phenoxy) is 2. The van der Waals surface area contributed by atoms with E-state index in [1.165, 1.54) is 4.68 Å². The summed E-state index contributed by atoms with van der Waals surface area (Å²) in [4.78, 5) is 12.5. The Labute approximate surface area is 181 Å². The molecule has 3 aromatic rings. The number of carbonyl (C=O) groups excluding carboxylic acids is 1. The quantitative estimate of drug-likeness (QED) is 0.540. The largest absolute Gasteiger partial charge is 0.491 e. The number of halogens is 1. The van der Waals surface area contributed by atoms with Crippen LogP contribution in [-0.4, -0.2) is 21.8 Å². The van der Waals surface area contributed by atoms with Crippen molar-refractivity contribution in [2.24, 2.45) is 7.05 Å². The predicted octanol–water partition coefficient (Wildman–Crippen LogP) is 5.15. The lowest BCUT2D eigenvalue weighted by Crippen LogP contribution is -2.25. The summed E-state index contributed by atoms with van der Waals surface area (Å²) in [6.45, 7) is 6.31. The van der Waals surface area contributed by atoms with E-state index < -0.39 is 0 Å². The lowest BCUT2D eigenvalue weighted by atomic mass is 10.2. The number of hydrogen-bond acceptors (Lipinski definition) is 4. The van der Waals surface area contributed by atoms with Gasteiger partial charge in [0.05, 0.1) is 16.8 Å². The first-order chi connectivity index (χ1) is 14.4. The van der Waals surface area contributed by atoms with Gasteiger partial charge in [-0.3, -0.25) is 9.48 Å². The number of hydrogen-bond donors (Lipinski definition) is 1. The lowest BCUT2D eigenvalue weighted by Gasteiger charge is -2.11. The van der Waals surface area contributed by atoms with E-state index in [-0.39, 0.29) is 12.0 Å². The van der Waals surface area contributed by atoms with E-state index in [0.717, 1.165) is 22.8 Å². The van der Waals surface area contributed by atoms with Crippen LogP contribution < -0.4 is 14.8 Å². The number of amides is 1. The SMILES string of the molecule is CCc1nn(C)c(C(=O)NCc2ccc(Oc3ccc(OC(C)C)cc3)cc2)c1Cl. The maximum Gasteiger partial charge on any atom is 0.271 e. The number of benzene rings is 2. The molecule has 1 N–H and O–H groups in total. The van der Waals surface area contributed by atoms with E-state index in [2.05, 4.69) is 10.4 Å². The highest BCUT2D eigenvalue weighted by atomic mass is 35.5. The first kappa shape index (κ1) is 21.7. The van der Waals surface area contributed by atoms with Crippen LogP contribution in [0.4, 0.5) is 0 Å². The number of aryl methyl sites for hydroxylation is 2. The molecule has 30 heavy (non-hydrogen) atoms. The second-order valence-corrected chi connectivity index (χ2v) is 7.53. The highest BCUT2D eigenvalue weighted by molar-refractivity contribution is 6.34. The third kappa shape index (κ3) is 5.33. The fraction of sp³-hybridized carbons (Fsp3) is 0.304. The van der Waals surface area contributed by atoms with Crippen molar-refractivity contribution in [2.75, 3.05) is 0 Å². The van der Waals surface area contributed by atoms with Crippen molar-refractivity contribution in [2.45, 2.75) is 39.8 Å². The van der Waals surface area contributed by atoms with Crippen molar-refractivity contribution in [3.05, 3.63) is 70.5 Å². The van der Waals surface area contributed by atoms with Gasteiger partial charge < -0.3 is 14.8 Å². The molecule has 0 saturated heterocycles. The average Bonchev–Trinajstić information content (AvgIpc) is 3.01. The molecule has 0 saturated carbocycles. The van der Waals surface area contributed by atoms with Gasteiger partial charge in [-0.05, 0) is 62.2 Å². The van der Waals surface area contributed by atoms with Crippen LogP contribution in [0.15, 0.2) is 48.5 Å². The van der Waals surface area contributed by atoms with Crippen molar-refractivity contribution in [1.29, 1.82) is 0 Å². The normalized spacial score (nSPS) is 10.9. The second-order valence-electron chi connectivity index (χ2n) is 7.15. The Balaban J connectivity index is 1.57. The molecule has 1 amide bonds. The van der Waals surface area contributed by atoms with Crippen LogP contribution in [0, 0.1) is 0 Å². The van der Waals surface area contributed by atoms with Gasteiger partial charge in [0, 0.05) is 13.6 Å². The Morgan fingerprint density at radius 2 is 1.63 bits per heavy atom. The first-order valence-electron chi connectivity index (χ1n) is 9.90. The Kier molecular flexibility index (Phi) is 7.00. The Hall–Kier alpha value is -2.99. The number of rotatable bonds is 8. The standard InChI is InChI=1S/C23H26ClN3O3/c1-5-20-21(24)22(27(4)26-20)23(28)25-14-16-6-8-18(9-7-16)30-19-12-10-17(11-13-19)29-15(2)3/h6-13,15H,5,14H2,1-4H3,(H,25,28). The highest BCUT2D eigenvalue weighted by Crippen LogP contribution is 2.25. The highest BCUT2D eigenvalue weighted by Gasteiger charge is 2.19. The van der Waals surface area contributed by atoms with Crippen LogP contribution in [0.1, 0.15) is 42.5 Å². The molecule has 0 aliphatic heterocycles. The minimum atomic E-state index is -0.251. The van der Waals surface area contributed by atoms with Gasteiger partial charge in [-0.25, -0.2) is 0 Å². The monoisotopic (exact) mass is 427 g/mol. The van der Waals surface area contributed by atoms with Gasteiger partial charge in [0.25, 0.3) is 5.91 Å². The lowest BCUT2D eigenvalue weighted by molar-refractivity contribution is 0.0941. The van der Waals surface area contributed by atoms with Gasteiger partial charge in [0.2, 0.25) is 0 Å². The Morgan fingerprint density at radius 1 is 1.07 bits per heavy atom. The van der Waals surface area contributed by atoms with E-state index in [0.29, 0.717) is 29.4 Å². The minimum absolute atomic E-state index is 0.132. The smallest absolute Gasteiger partial charge is 0.271 e. The third-order valence-corrected chi connectivity index (χ3v) is 4.81. The van der Waals surface area contributed by atoms with Crippen LogP contribution in [-0.2, 0) is 20.0 Å². The molecule has 0 atom stereocenters. The second kappa shape index (κ2) is 9.67. The molecule has 0 bridgehead atoms. The summed E-state index contributed by atoms with van der Waals surface area (Å²) in [5, 5.41) is 7.57. The predicted molar refractivity (Wildman–Crippen MR) is 117 cm³/mol.